The Morgan fingerprint density at radius 2 is 2.00 bits per heavy atom. The largest absolute Gasteiger partial charge is 0.393 e. The Balaban J connectivity index is 2.23. The van der Waals surface area contributed by atoms with Gasteiger partial charge in [0.25, 0.3) is 5.95 Å². The quantitative estimate of drug-likeness (QED) is 0.701. The molecule has 0 aromatic carbocycles. The first-order valence-corrected chi connectivity index (χ1v) is 7.03. The lowest BCUT2D eigenvalue weighted by Crippen LogP contribution is -2.23. The molecule has 0 aliphatic rings. The van der Waals surface area contributed by atoms with Gasteiger partial charge < -0.3 is 15.7 Å². The maximum absolute atomic E-state index is 9.42. The Bertz CT molecular complexity index is 556. The van der Waals surface area contributed by atoms with Crippen molar-refractivity contribution in [3.8, 4) is 5.95 Å². The summed E-state index contributed by atoms with van der Waals surface area (Å²) < 4.78 is 1.58. The fraction of sp³-hybridized carbons (Fsp3) is 0.538. The normalized spacial score (nSPS) is 13.7. The van der Waals surface area contributed by atoms with Crippen molar-refractivity contribution in [1.82, 2.24) is 24.7 Å². The van der Waals surface area contributed by atoms with Crippen LogP contribution >= 0.6 is 0 Å². The first kappa shape index (κ1) is 15.2. The van der Waals surface area contributed by atoms with E-state index in [-0.39, 0.29) is 12.1 Å². The van der Waals surface area contributed by atoms with Crippen molar-refractivity contribution in [3.63, 3.8) is 0 Å². The first-order valence-electron chi connectivity index (χ1n) is 7.03. The van der Waals surface area contributed by atoms with Crippen LogP contribution in [0.1, 0.15) is 27.2 Å². The van der Waals surface area contributed by atoms with Gasteiger partial charge in [-0.3, -0.25) is 0 Å². The van der Waals surface area contributed by atoms with Gasteiger partial charge in [-0.15, -0.1) is 0 Å². The van der Waals surface area contributed by atoms with E-state index in [4.69, 9.17) is 0 Å². The third kappa shape index (κ3) is 4.38. The molecule has 0 bridgehead atoms. The number of hydrogen-bond donors (Lipinski definition) is 3. The van der Waals surface area contributed by atoms with Crippen LogP contribution in [0.4, 0.5) is 11.9 Å². The maximum atomic E-state index is 9.42. The summed E-state index contributed by atoms with van der Waals surface area (Å²) in [7, 11) is 0. The minimum atomic E-state index is -0.381. The fourth-order valence-electron chi connectivity index (χ4n) is 1.95. The van der Waals surface area contributed by atoms with E-state index in [1.165, 1.54) is 0 Å². The SMILES string of the molecule is CCNc1nc(NC(C)CC(C)O)nc(-n2cccn2)n1. The van der Waals surface area contributed by atoms with Crippen LogP contribution in [-0.4, -0.2) is 48.5 Å². The number of anilines is 2. The molecule has 8 nitrogen and oxygen atoms in total. The molecule has 2 aromatic heterocycles. The molecule has 0 saturated heterocycles. The maximum Gasteiger partial charge on any atom is 0.257 e. The molecule has 8 heteroatoms. The van der Waals surface area contributed by atoms with Crippen LogP contribution in [0.3, 0.4) is 0 Å². The molecule has 0 fully saturated rings. The lowest BCUT2D eigenvalue weighted by Gasteiger charge is -2.16. The van der Waals surface area contributed by atoms with Crippen molar-refractivity contribution in [2.24, 2.45) is 0 Å². The standard InChI is InChI=1S/C13H21N7O/c1-4-14-11-17-12(16-9(2)8-10(3)21)19-13(18-11)20-7-5-6-15-20/h5-7,9-10,21H,4,8H2,1-3H3,(H2,14,16,17,18,19). The smallest absolute Gasteiger partial charge is 0.257 e. The molecule has 0 spiro atoms. The van der Waals surface area contributed by atoms with E-state index < -0.39 is 0 Å². The highest BCUT2D eigenvalue weighted by atomic mass is 16.3. The molecular formula is C13H21N7O. The van der Waals surface area contributed by atoms with Crippen molar-refractivity contribution < 1.29 is 5.11 Å². The zero-order valence-electron chi connectivity index (χ0n) is 12.5. The average Bonchev–Trinajstić information content (AvgIpc) is 2.91. The van der Waals surface area contributed by atoms with Crippen molar-refractivity contribution in [2.75, 3.05) is 17.2 Å². The summed E-state index contributed by atoms with van der Waals surface area (Å²) in [4.78, 5) is 13.0. The van der Waals surface area contributed by atoms with Gasteiger partial charge in [0.05, 0.1) is 6.10 Å². The Kier molecular flexibility index (Phi) is 5.04. The Labute approximate surface area is 123 Å². The van der Waals surface area contributed by atoms with Crippen molar-refractivity contribution >= 4 is 11.9 Å². The van der Waals surface area contributed by atoms with Crippen LogP contribution in [0.5, 0.6) is 0 Å². The van der Waals surface area contributed by atoms with Crippen molar-refractivity contribution in [3.05, 3.63) is 18.5 Å². The summed E-state index contributed by atoms with van der Waals surface area (Å²) in [5, 5.41) is 19.8. The second-order valence-electron chi connectivity index (χ2n) is 4.89. The van der Waals surface area contributed by atoms with E-state index in [1.54, 1.807) is 30.1 Å². The van der Waals surface area contributed by atoms with E-state index in [0.29, 0.717) is 30.8 Å². The zero-order valence-corrected chi connectivity index (χ0v) is 12.5. The van der Waals surface area contributed by atoms with Gasteiger partial charge in [0, 0.05) is 25.0 Å². The lowest BCUT2D eigenvalue weighted by atomic mass is 10.2. The Hall–Kier alpha value is -2.22. The highest BCUT2D eigenvalue weighted by Crippen LogP contribution is 2.11. The van der Waals surface area contributed by atoms with Gasteiger partial charge in [0.15, 0.2) is 0 Å². The van der Waals surface area contributed by atoms with Crippen LogP contribution in [0.2, 0.25) is 0 Å². The Morgan fingerprint density at radius 1 is 1.24 bits per heavy atom. The molecule has 114 valence electrons. The zero-order chi connectivity index (χ0) is 15.2. The average molecular weight is 291 g/mol. The molecule has 21 heavy (non-hydrogen) atoms. The number of rotatable bonds is 7. The van der Waals surface area contributed by atoms with E-state index >= 15 is 0 Å². The molecule has 3 N–H and O–H groups in total. The van der Waals surface area contributed by atoms with E-state index in [1.807, 2.05) is 13.8 Å². The molecule has 0 saturated carbocycles. The van der Waals surface area contributed by atoms with Crippen LogP contribution in [0, 0.1) is 0 Å². The van der Waals surface area contributed by atoms with Gasteiger partial charge in [0.1, 0.15) is 0 Å². The monoisotopic (exact) mass is 291 g/mol. The molecule has 0 aliphatic carbocycles. The second-order valence-corrected chi connectivity index (χ2v) is 4.89. The summed E-state index contributed by atoms with van der Waals surface area (Å²) in [6.07, 6.45) is 3.67. The number of nitrogens with one attached hydrogen (secondary N) is 2. The molecule has 2 aromatic rings. The van der Waals surface area contributed by atoms with Crippen LogP contribution in [-0.2, 0) is 0 Å². The lowest BCUT2D eigenvalue weighted by molar-refractivity contribution is 0.179. The number of nitrogens with zero attached hydrogens (tertiary/aromatic N) is 5. The number of hydrogen-bond acceptors (Lipinski definition) is 7. The van der Waals surface area contributed by atoms with Gasteiger partial charge in [-0.2, -0.15) is 20.1 Å². The van der Waals surface area contributed by atoms with Gasteiger partial charge >= 0.3 is 0 Å². The summed E-state index contributed by atoms with van der Waals surface area (Å²) in [6, 6.07) is 1.85. The summed E-state index contributed by atoms with van der Waals surface area (Å²) >= 11 is 0. The van der Waals surface area contributed by atoms with Crippen molar-refractivity contribution in [1.29, 1.82) is 0 Å². The summed E-state index contributed by atoms with van der Waals surface area (Å²) in [5.41, 5.74) is 0. The number of aliphatic hydroxyl groups excluding tert-OH is 1. The summed E-state index contributed by atoms with van der Waals surface area (Å²) in [6.45, 7) is 6.41. The third-order valence-electron chi connectivity index (χ3n) is 2.74. The van der Waals surface area contributed by atoms with Crippen molar-refractivity contribution in [2.45, 2.75) is 39.3 Å². The van der Waals surface area contributed by atoms with E-state index in [0.717, 1.165) is 0 Å². The highest BCUT2D eigenvalue weighted by Gasteiger charge is 2.11. The highest BCUT2D eigenvalue weighted by molar-refractivity contribution is 5.38. The van der Waals surface area contributed by atoms with Crippen LogP contribution in [0.25, 0.3) is 5.95 Å². The Morgan fingerprint density at radius 3 is 2.62 bits per heavy atom. The van der Waals surface area contributed by atoms with E-state index in [2.05, 4.69) is 30.7 Å². The van der Waals surface area contributed by atoms with Gasteiger partial charge in [-0.25, -0.2) is 4.68 Å². The first-order chi connectivity index (χ1) is 10.1. The topological polar surface area (TPSA) is 101 Å². The molecule has 0 radical (unpaired) electrons. The predicted molar refractivity (Wildman–Crippen MR) is 80.5 cm³/mol. The third-order valence-corrected chi connectivity index (χ3v) is 2.74. The number of aliphatic hydroxyl groups is 1. The second kappa shape index (κ2) is 6.98. The minimum Gasteiger partial charge on any atom is -0.393 e. The van der Waals surface area contributed by atoms with Crippen LogP contribution < -0.4 is 10.6 Å². The molecule has 0 aliphatic heterocycles. The number of aromatic nitrogens is 5. The molecule has 2 unspecified atom stereocenters. The van der Waals surface area contributed by atoms with E-state index in [9.17, 15) is 5.11 Å². The van der Waals surface area contributed by atoms with Crippen LogP contribution in [0.15, 0.2) is 18.5 Å². The van der Waals surface area contributed by atoms with Gasteiger partial charge in [-0.05, 0) is 33.3 Å². The molecule has 0 amide bonds. The molecule has 2 atom stereocenters. The van der Waals surface area contributed by atoms with Gasteiger partial charge in [0.2, 0.25) is 11.9 Å². The molecule has 2 heterocycles. The minimum absolute atomic E-state index is 0.0485. The molecular weight excluding hydrogens is 270 g/mol. The summed E-state index contributed by atoms with van der Waals surface area (Å²) in [5.74, 6) is 1.39. The fourth-order valence-corrected chi connectivity index (χ4v) is 1.95. The predicted octanol–water partition coefficient (Wildman–Crippen LogP) is 1.06. The molecule has 2 rings (SSSR count). The van der Waals surface area contributed by atoms with Gasteiger partial charge in [-0.1, -0.05) is 0 Å².